The topological polar surface area (TPSA) is 56.7 Å². The van der Waals surface area contributed by atoms with E-state index in [4.69, 9.17) is 5.73 Å². The number of pyridine rings is 1. The lowest BCUT2D eigenvalue weighted by atomic mass is 10.1. The van der Waals surface area contributed by atoms with Gasteiger partial charge >= 0.3 is 0 Å². The molecule has 3 aromatic rings. The standard InChI is InChI=1S/C14H12N4/c15-14-7-3-5-12(17-14)11-4-1-2-6-13(11)18-9-8-16-10-18/h1-10H,(H2,15,17). The van der Waals surface area contributed by atoms with Gasteiger partial charge in [0.25, 0.3) is 0 Å². The van der Waals surface area contributed by atoms with E-state index in [9.17, 15) is 0 Å². The summed E-state index contributed by atoms with van der Waals surface area (Å²) in [5.41, 5.74) is 8.66. The first kappa shape index (κ1) is 10.5. The smallest absolute Gasteiger partial charge is 0.124 e. The third-order valence-electron chi connectivity index (χ3n) is 2.73. The minimum Gasteiger partial charge on any atom is -0.384 e. The number of hydrogen-bond donors (Lipinski definition) is 1. The first-order valence-electron chi connectivity index (χ1n) is 5.65. The van der Waals surface area contributed by atoms with Crippen molar-refractivity contribution in [3.05, 3.63) is 61.2 Å². The molecule has 0 bridgehead atoms. The molecular formula is C14H12N4. The summed E-state index contributed by atoms with van der Waals surface area (Å²) in [5.74, 6) is 0.521. The van der Waals surface area contributed by atoms with E-state index in [1.165, 1.54) is 0 Å². The van der Waals surface area contributed by atoms with E-state index in [0.717, 1.165) is 16.9 Å². The first-order valence-corrected chi connectivity index (χ1v) is 5.65. The fraction of sp³-hybridized carbons (Fsp3) is 0. The number of nitrogen functional groups attached to an aromatic ring is 1. The van der Waals surface area contributed by atoms with Crippen LogP contribution in [0.25, 0.3) is 16.9 Å². The molecule has 0 radical (unpaired) electrons. The Bertz CT molecular complexity index is 659. The van der Waals surface area contributed by atoms with Crippen LogP contribution in [0, 0.1) is 0 Å². The van der Waals surface area contributed by atoms with Gasteiger partial charge in [-0.05, 0) is 18.2 Å². The second kappa shape index (κ2) is 4.33. The molecule has 0 spiro atoms. The van der Waals surface area contributed by atoms with Crippen LogP contribution in [-0.4, -0.2) is 14.5 Å². The summed E-state index contributed by atoms with van der Waals surface area (Å²) in [7, 11) is 0. The molecule has 4 nitrogen and oxygen atoms in total. The predicted molar refractivity (Wildman–Crippen MR) is 71.2 cm³/mol. The molecule has 0 fully saturated rings. The van der Waals surface area contributed by atoms with Gasteiger partial charge in [-0.3, -0.25) is 0 Å². The number of anilines is 1. The van der Waals surface area contributed by atoms with E-state index >= 15 is 0 Å². The summed E-state index contributed by atoms with van der Waals surface area (Å²) >= 11 is 0. The Balaban J connectivity index is 2.18. The van der Waals surface area contributed by atoms with Crippen molar-refractivity contribution in [3.8, 4) is 16.9 Å². The van der Waals surface area contributed by atoms with E-state index in [1.54, 1.807) is 18.6 Å². The summed E-state index contributed by atoms with van der Waals surface area (Å²) in [4.78, 5) is 8.43. The van der Waals surface area contributed by atoms with Crippen molar-refractivity contribution in [2.75, 3.05) is 5.73 Å². The largest absolute Gasteiger partial charge is 0.384 e. The fourth-order valence-electron chi connectivity index (χ4n) is 1.92. The van der Waals surface area contributed by atoms with Crippen molar-refractivity contribution in [2.45, 2.75) is 0 Å². The second-order valence-electron chi connectivity index (χ2n) is 3.93. The van der Waals surface area contributed by atoms with Gasteiger partial charge in [0, 0.05) is 18.0 Å². The van der Waals surface area contributed by atoms with Gasteiger partial charge in [0.1, 0.15) is 5.82 Å². The Hall–Kier alpha value is -2.62. The molecule has 3 rings (SSSR count). The van der Waals surface area contributed by atoms with E-state index < -0.39 is 0 Å². The minimum atomic E-state index is 0.521. The molecule has 0 atom stereocenters. The van der Waals surface area contributed by atoms with Gasteiger partial charge in [0.2, 0.25) is 0 Å². The number of benzene rings is 1. The van der Waals surface area contributed by atoms with Crippen molar-refractivity contribution in [1.29, 1.82) is 0 Å². The maximum Gasteiger partial charge on any atom is 0.124 e. The lowest BCUT2D eigenvalue weighted by Gasteiger charge is -2.09. The lowest BCUT2D eigenvalue weighted by molar-refractivity contribution is 1.06. The van der Waals surface area contributed by atoms with Crippen LogP contribution >= 0.6 is 0 Å². The van der Waals surface area contributed by atoms with Crippen LogP contribution in [-0.2, 0) is 0 Å². The predicted octanol–water partition coefficient (Wildman–Crippen LogP) is 2.52. The van der Waals surface area contributed by atoms with Crippen LogP contribution in [0.3, 0.4) is 0 Å². The third kappa shape index (κ3) is 1.84. The molecule has 0 aliphatic carbocycles. The van der Waals surface area contributed by atoms with Gasteiger partial charge in [-0.25, -0.2) is 9.97 Å². The molecule has 2 N–H and O–H groups in total. The van der Waals surface area contributed by atoms with Crippen molar-refractivity contribution in [1.82, 2.24) is 14.5 Å². The highest BCUT2D eigenvalue weighted by atomic mass is 15.0. The molecule has 88 valence electrons. The third-order valence-corrected chi connectivity index (χ3v) is 2.73. The van der Waals surface area contributed by atoms with E-state index in [1.807, 2.05) is 47.2 Å². The van der Waals surface area contributed by atoms with Gasteiger partial charge < -0.3 is 10.3 Å². The molecule has 0 amide bonds. The summed E-state index contributed by atoms with van der Waals surface area (Å²) in [6.45, 7) is 0. The number of para-hydroxylation sites is 1. The zero-order valence-electron chi connectivity index (χ0n) is 9.69. The van der Waals surface area contributed by atoms with E-state index in [-0.39, 0.29) is 0 Å². The number of nitrogens with two attached hydrogens (primary N) is 1. The molecule has 0 saturated carbocycles. The molecule has 1 aromatic carbocycles. The quantitative estimate of drug-likeness (QED) is 0.743. The van der Waals surface area contributed by atoms with Gasteiger partial charge in [-0.15, -0.1) is 0 Å². The van der Waals surface area contributed by atoms with Crippen molar-refractivity contribution < 1.29 is 0 Å². The van der Waals surface area contributed by atoms with Crippen molar-refractivity contribution in [3.63, 3.8) is 0 Å². The molecule has 0 saturated heterocycles. The number of nitrogens with zero attached hydrogens (tertiary/aromatic N) is 3. The summed E-state index contributed by atoms with van der Waals surface area (Å²) < 4.78 is 1.96. The Morgan fingerprint density at radius 1 is 1.00 bits per heavy atom. The number of hydrogen-bond acceptors (Lipinski definition) is 3. The summed E-state index contributed by atoms with van der Waals surface area (Å²) in [5, 5.41) is 0. The molecule has 2 heterocycles. The monoisotopic (exact) mass is 236 g/mol. The molecule has 18 heavy (non-hydrogen) atoms. The molecule has 4 heteroatoms. The zero-order chi connectivity index (χ0) is 12.4. The van der Waals surface area contributed by atoms with Crippen molar-refractivity contribution in [2.24, 2.45) is 0 Å². The normalized spacial score (nSPS) is 10.4. The van der Waals surface area contributed by atoms with Crippen LogP contribution in [0.1, 0.15) is 0 Å². The first-order chi connectivity index (χ1) is 8.84. The van der Waals surface area contributed by atoms with E-state index in [0.29, 0.717) is 5.82 Å². The van der Waals surface area contributed by atoms with Gasteiger partial charge in [0.05, 0.1) is 17.7 Å². The van der Waals surface area contributed by atoms with Crippen LogP contribution in [0.4, 0.5) is 5.82 Å². The Morgan fingerprint density at radius 2 is 1.89 bits per heavy atom. The van der Waals surface area contributed by atoms with Gasteiger partial charge in [0.15, 0.2) is 0 Å². The maximum absolute atomic E-state index is 5.73. The minimum absolute atomic E-state index is 0.521. The van der Waals surface area contributed by atoms with E-state index in [2.05, 4.69) is 9.97 Å². The Kier molecular flexibility index (Phi) is 2.53. The number of aromatic nitrogens is 3. The summed E-state index contributed by atoms with van der Waals surface area (Å²) in [6, 6.07) is 13.7. The molecule has 2 aromatic heterocycles. The van der Waals surface area contributed by atoms with Gasteiger partial charge in [-0.2, -0.15) is 0 Å². The highest BCUT2D eigenvalue weighted by Crippen LogP contribution is 2.25. The lowest BCUT2D eigenvalue weighted by Crippen LogP contribution is -1.97. The number of rotatable bonds is 2. The average Bonchev–Trinajstić information content (AvgIpc) is 2.92. The molecule has 0 aliphatic heterocycles. The van der Waals surface area contributed by atoms with Crippen molar-refractivity contribution >= 4 is 5.82 Å². The Morgan fingerprint density at radius 3 is 2.67 bits per heavy atom. The highest BCUT2D eigenvalue weighted by Gasteiger charge is 2.07. The van der Waals surface area contributed by atoms with Gasteiger partial charge in [-0.1, -0.05) is 24.3 Å². The maximum atomic E-state index is 5.73. The highest BCUT2D eigenvalue weighted by molar-refractivity contribution is 5.70. The Labute approximate surface area is 105 Å². The van der Waals surface area contributed by atoms with Crippen LogP contribution < -0.4 is 5.73 Å². The van der Waals surface area contributed by atoms with Crippen LogP contribution in [0.5, 0.6) is 0 Å². The zero-order valence-corrected chi connectivity index (χ0v) is 9.69. The molecule has 0 unspecified atom stereocenters. The second-order valence-corrected chi connectivity index (χ2v) is 3.93. The SMILES string of the molecule is Nc1cccc(-c2ccccc2-n2ccnc2)n1. The average molecular weight is 236 g/mol. The number of imidazole rings is 1. The van der Waals surface area contributed by atoms with Crippen LogP contribution in [0.2, 0.25) is 0 Å². The fourth-order valence-corrected chi connectivity index (χ4v) is 1.92. The molecule has 0 aliphatic rings. The summed E-state index contributed by atoms with van der Waals surface area (Å²) in [6.07, 6.45) is 5.43. The van der Waals surface area contributed by atoms with Crippen LogP contribution in [0.15, 0.2) is 61.2 Å². The molecular weight excluding hydrogens is 224 g/mol.